The molecule has 3 aromatic rings. The predicted octanol–water partition coefficient (Wildman–Crippen LogP) is 2.11. The second kappa shape index (κ2) is 7.36. The minimum absolute atomic E-state index is 0.263. The molecule has 128 valence electrons. The Balaban J connectivity index is 1.71. The zero-order valence-corrected chi connectivity index (χ0v) is 14.6. The second-order valence-electron chi connectivity index (χ2n) is 5.06. The fourth-order valence-electron chi connectivity index (χ4n) is 2.13. The molecule has 0 fully saturated rings. The lowest BCUT2D eigenvalue weighted by atomic mass is 10.3. The van der Waals surface area contributed by atoms with E-state index in [1.54, 1.807) is 6.08 Å². The molecule has 0 radical (unpaired) electrons. The molecule has 0 aliphatic carbocycles. The smallest absolute Gasteiger partial charge is 0.258 e. The molecule has 10 heteroatoms. The minimum Gasteiger partial charge on any atom is -0.328 e. The highest BCUT2D eigenvalue weighted by atomic mass is 32.1. The SMILES string of the molecule is C=CCn1c(Cc2csc(NC(=O)c3ccc(=O)[nH]c3)n2)n[nH]c1=S. The molecule has 3 heterocycles. The molecule has 0 saturated heterocycles. The summed E-state index contributed by atoms with van der Waals surface area (Å²) in [5.41, 5.74) is 0.852. The molecule has 0 atom stereocenters. The van der Waals surface area contributed by atoms with E-state index < -0.39 is 0 Å². The Labute approximate surface area is 151 Å². The predicted molar refractivity (Wildman–Crippen MR) is 97.5 cm³/mol. The molecule has 0 saturated carbocycles. The largest absolute Gasteiger partial charge is 0.328 e. The number of carbonyl (C=O) groups excluding carboxylic acids is 1. The maximum atomic E-state index is 12.1. The Morgan fingerprint density at radius 3 is 3.04 bits per heavy atom. The van der Waals surface area contributed by atoms with Crippen molar-refractivity contribution >= 4 is 34.6 Å². The van der Waals surface area contributed by atoms with E-state index >= 15 is 0 Å². The number of amides is 1. The summed E-state index contributed by atoms with van der Waals surface area (Å²) < 4.78 is 2.36. The standard InChI is InChI=1S/C15H14N6O2S2/c1-2-5-21-11(19-20-15(21)24)6-10-8-25-14(17-10)18-13(23)9-3-4-12(22)16-7-9/h2-4,7-8H,1,5-6H2,(H,16,22)(H,20,24)(H,17,18,23). The topological polar surface area (TPSA) is 108 Å². The third-order valence-corrected chi connectivity index (χ3v) is 4.43. The van der Waals surface area contributed by atoms with Crippen LogP contribution in [0.5, 0.6) is 0 Å². The molecule has 0 aliphatic heterocycles. The summed E-state index contributed by atoms with van der Waals surface area (Å²) in [5, 5.41) is 12.0. The molecule has 0 aromatic carbocycles. The van der Waals surface area contributed by atoms with E-state index in [-0.39, 0.29) is 11.5 Å². The van der Waals surface area contributed by atoms with Gasteiger partial charge in [0.15, 0.2) is 9.90 Å². The highest BCUT2D eigenvalue weighted by molar-refractivity contribution is 7.71. The van der Waals surface area contributed by atoms with E-state index in [2.05, 4.69) is 32.1 Å². The van der Waals surface area contributed by atoms with Crippen LogP contribution in [0.4, 0.5) is 5.13 Å². The average molecular weight is 374 g/mol. The summed E-state index contributed by atoms with van der Waals surface area (Å²) in [6.45, 7) is 4.26. The van der Waals surface area contributed by atoms with Crippen LogP contribution in [-0.2, 0) is 13.0 Å². The van der Waals surface area contributed by atoms with E-state index in [9.17, 15) is 9.59 Å². The van der Waals surface area contributed by atoms with Crippen LogP contribution in [0, 0.1) is 4.77 Å². The summed E-state index contributed by atoms with van der Waals surface area (Å²) in [4.78, 5) is 30.0. The van der Waals surface area contributed by atoms with Gasteiger partial charge >= 0.3 is 0 Å². The van der Waals surface area contributed by atoms with E-state index in [1.807, 2.05) is 9.95 Å². The first-order valence-electron chi connectivity index (χ1n) is 7.26. The monoisotopic (exact) mass is 374 g/mol. The summed E-state index contributed by atoms with van der Waals surface area (Å²) >= 11 is 6.49. The molecule has 25 heavy (non-hydrogen) atoms. The van der Waals surface area contributed by atoms with Crippen LogP contribution in [0.15, 0.2) is 41.2 Å². The van der Waals surface area contributed by atoms with Crippen LogP contribution in [-0.4, -0.2) is 30.6 Å². The normalized spacial score (nSPS) is 10.6. The molecule has 1 amide bonds. The Morgan fingerprint density at radius 2 is 2.32 bits per heavy atom. The molecule has 3 rings (SSSR count). The Kier molecular flexibility index (Phi) is 5.00. The van der Waals surface area contributed by atoms with Crippen LogP contribution in [0.3, 0.4) is 0 Å². The number of carbonyl (C=O) groups is 1. The van der Waals surface area contributed by atoms with Crippen molar-refractivity contribution in [3.63, 3.8) is 0 Å². The van der Waals surface area contributed by atoms with Gasteiger partial charge in [0.2, 0.25) is 5.56 Å². The first-order valence-corrected chi connectivity index (χ1v) is 8.55. The zero-order chi connectivity index (χ0) is 17.8. The van der Waals surface area contributed by atoms with Gasteiger partial charge in [-0.05, 0) is 18.3 Å². The van der Waals surface area contributed by atoms with E-state index in [0.29, 0.717) is 28.4 Å². The van der Waals surface area contributed by atoms with Gasteiger partial charge in [-0.1, -0.05) is 6.08 Å². The number of anilines is 1. The van der Waals surface area contributed by atoms with Gasteiger partial charge < -0.3 is 4.98 Å². The van der Waals surface area contributed by atoms with Crippen molar-refractivity contribution in [2.75, 3.05) is 5.32 Å². The molecule has 0 spiro atoms. The molecule has 8 nitrogen and oxygen atoms in total. The van der Waals surface area contributed by atoms with Crippen LogP contribution in [0.1, 0.15) is 21.9 Å². The van der Waals surface area contributed by atoms with E-state index in [4.69, 9.17) is 12.2 Å². The van der Waals surface area contributed by atoms with Crippen molar-refractivity contribution in [2.24, 2.45) is 0 Å². The highest BCUT2D eigenvalue weighted by Crippen LogP contribution is 2.18. The van der Waals surface area contributed by atoms with Crippen molar-refractivity contribution in [2.45, 2.75) is 13.0 Å². The van der Waals surface area contributed by atoms with Gasteiger partial charge in [0.1, 0.15) is 5.82 Å². The van der Waals surface area contributed by atoms with Crippen molar-refractivity contribution in [3.8, 4) is 0 Å². The fraction of sp³-hybridized carbons (Fsp3) is 0.133. The van der Waals surface area contributed by atoms with Crippen LogP contribution < -0.4 is 10.9 Å². The average Bonchev–Trinajstić information content (AvgIpc) is 3.17. The number of H-pyrrole nitrogens is 2. The van der Waals surface area contributed by atoms with E-state index in [1.165, 1.54) is 29.7 Å². The van der Waals surface area contributed by atoms with Crippen molar-refractivity contribution in [1.82, 2.24) is 24.7 Å². The van der Waals surface area contributed by atoms with E-state index in [0.717, 1.165) is 11.5 Å². The lowest BCUT2D eigenvalue weighted by Gasteiger charge is -2.02. The quantitative estimate of drug-likeness (QED) is 0.452. The van der Waals surface area contributed by atoms with Gasteiger partial charge in [0.05, 0.1) is 17.7 Å². The summed E-state index contributed by atoms with van der Waals surface area (Å²) in [5.74, 6) is 0.403. The molecule has 0 unspecified atom stereocenters. The molecule has 0 bridgehead atoms. The first kappa shape index (κ1) is 17.0. The summed E-state index contributed by atoms with van der Waals surface area (Å²) in [6, 6.07) is 2.75. The second-order valence-corrected chi connectivity index (χ2v) is 6.31. The van der Waals surface area contributed by atoms with Crippen LogP contribution >= 0.6 is 23.6 Å². The van der Waals surface area contributed by atoms with Crippen molar-refractivity contribution in [3.05, 3.63) is 68.6 Å². The number of hydrogen-bond donors (Lipinski definition) is 3. The van der Waals surface area contributed by atoms with Crippen LogP contribution in [0.25, 0.3) is 0 Å². The number of aromatic nitrogens is 5. The molecule has 0 aliphatic rings. The number of pyridine rings is 1. The maximum absolute atomic E-state index is 12.1. The van der Waals surface area contributed by atoms with Crippen LogP contribution in [0.2, 0.25) is 0 Å². The number of nitrogens with one attached hydrogen (secondary N) is 3. The van der Waals surface area contributed by atoms with Crippen molar-refractivity contribution in [1.29, 1.82) is 0 Å². The Morgan fingerprint density at radius 1 is 1.48 bits per heavy atom. The maximum Gasteiger partial charge on any atom is 0.258 e. The number of thiazole rings is 1. The molecule has 3 aromatic heterocycles. The summed E-state index contributed by atoms with van der Waals surface area (Å²) in [7, 11) is 0. The number of rotatable bonds is 6. The third-order valence-electron chi connectivity index (χ3n) is 3.31. The Bertz CT molecular complexity index is 1010. The molecular weight excluding hydrogens is 360 g/mol. The van der Waals surface area contributed by atoms with Gasteiger partial charge in [-0.25, -0.2) is 4.98 Å². The zero-order valence-electron chi connectivity index (χ0n) is 13.0. The summed E-state index contributed by atoms with van der Waals surface area (Å²) in [6.07, 6.45) is 3.58. The Hall–Kier alpha value is -2.85. The molecule has 3 N–H and O–H groups in total. The van der Waals surface area contributed by atoms with Gasteiger partial charge in [0, 0.05) is 24.2 Å². The number of hydrogen-bond acceptors (Lipinski definition) is 6. The lowest BCUT2D eigenvalue weighted by molar-refractivity contribution is 0.102. The van der Waals surface area contributed by atoms with Gasteiger partial charge in [-0.3, -0.25) is 24.6 Å². The number of nitrogens with zero attached hydrogens (tertiary/aromatic N) is 3. The minimum atomic E-state index is -0.341. The van der Waals surface area contributed by atoms with Gasteiger partial charge in [0.25, 0.3) is 5.91 Å². The van der Waals surface area contributed by atoms with Gasteiger partial charge in [-0.2, -0.15) is 5.10 Å². The van der Waals surface area contributed by atoms with Gasteiger partial charge in [-0.15, -0.1) is 17.9 Å². The lowest BCUT2D eigenvalue weighted by Crippen LogP contribution is -2.14. The fourth-order valence-corrected chi connectivity index (χ4v) is 3.06. The highest BCUT2D eigenvalue weighted by Gasteiger charge is 2.12. The number of aromatic amines is 2. The third kappa shape index (κ3) is 3.98. The first-order chi connectivity index (χ1) is 12.1. The molecular formula is C15H14N6O2S2. The number of allylic oxidation sites excluding steroid dienone is 1. The van der Waals surface area contributed by atoms with Crippen molar-refractivity contribution < 1.29 is 4.79 Å².